The molecule has 9 nitrogen and oxygen atoms in total. The molecule has 3 rings (SSSR count). The van der Waals surface area contributed by atoms with Crippen LogP contribution in [0.2, 0.25) is 0 Å². The van der Waals surface area contributed by atoms with Crippen molar-refractivity contribution in [1.29, 1.82) is 0 Å². The lowest BCUT2D eigenvalue weighted by Gasteiger charge is -2.14. The van der Waals surface area contributed by atoms with Gasteiger partial charge in [-0.3, -0.25) is 4.79 Å². The summed E-state index contributed by atoms with van der Waals surface area (Å²) < 4.78 is 16.3. The standard InChI is InChI=1S/C24H25NO8/c1-30-22-7-6-17-15-19(5-4-18(17)16-22)23(24(26)27)3-2-12-31-20-8-10-21(11-9-20)32-13-14-33-25(28)29/h4-11,15-16,23H,2-3,12-14H2,1H3,(H,26,27)/t23-/m0/s1. The number of nitrogens with zero attached hydrogens (tertiary/aromatic N) is 1. The fourth-order valence-corrected chi connectivity index (χ4v) is 3.40. The second kappa shape index (κ2) is 11.6. The highest BCUT2D eigenvalue weighted by atomic mass is 17.0. The van der Waals surface area contributed by atoms with Crippen molar-refractivity contribution in [2.24, 2.45) is 0 Å². The monoisotopic (exact) mass is 455 g/mol. The van der Waals surface area contributed by atoms with Crippen molar-refractivity contribution < 1.29 is 34.0 Å². The molecule has 3 aromatic carbocycles. The average molecular weight is 455 g/mol. The normalized spacial score (nSPS) is 11.5. The number of ether oxygens (including phenoxy) is 3. The van der Waals surface area contributed by atoms with Crippen LogP contribution in [-0.4, -0.2) is 43.1 Å². The minimum atomic E-state index is -0.870. The Morgan fingerprint density at radius 1 is 0.909 bits per heavy atom. The van der Waals surface area contributed by atoms with Crippen LogP contribution in [0.5, 0.6) is 17.2 Å². The first-order valence-corrected chi connectivity index (χ1v) is 10.4. The quantitative estimate of drug-likeness (QED) is 0.228. The van der Waals surface area contributed by atoms with Gasteiger partial charge in [-0.2, -0.15) is 0 Å². The van der Waals surface area contributed by atoms with Crippen molar-refractivity contribution in [3.8, 4) is 17.2 Å². The summed E-state index contributed by atoms with van der Waals surface area (Å²) in [5.41, 5.74) is 0.753. The number of aliphatic carboxylic acids is 1. The van der Waals surface area contributed by atoms with E-state index in [0.29, 0.717) is 30.9 Å². The number of benzene rings is 3. The van der Waals surface area contributed by atoms with Gasteiger partial charge in [0.2, 0.25) is 0 Å². The molecule has 174 valence electrons. The van der Waals surface area contributed by atoms with Gasteiger partial charge in [0, 0.05) is 0 Å². The van der Waals surface area contributed by atoms with E-state index in [-0.39, 0.29) is 13.2 Å². The fourth-order valence-electron chi connectivity index (χ4n) is 3.40. The SMILES string of the molecule is COc1ccc2cc([C@H](CCCOc3ccc(OCCO[N+](=O)[O-])cc3)C(=O)O)ccc2c1. The number of carboxylic acids is 1. The van der Waals surface area contributed by atoms with Gasteiger partial charge < -0.3 is 24.2 Å². The summed E-state index contributed by atoms with van der Waals surface area (Å²) in [7, 11) is 1.61. The molecule has 9 heteroatoms. The van der Waals surface area contributed by atoms with Crippen molar-refractivity contribution >= 4 is 16.7 Å². The summed E-state index contributed by atoms with van der Waals surface area (Å²) in [6.45, 7) is 0.271. The van der Waals surface area contributed by atoms with Gasteiger partial charge in [-0.25, -0.2) is 0 Å². The predicted molar refractivity (Wildman–Crippen MR) is 120 cm³/mol. The Hall–Kier alpha value is -4.01. The molecule has 0 fully saturated rings. The maximum absolute atomic E-state index is 11.9. The summed E-state index contributed by atoms with van der Waals surface area (Å²) in [6, 6.07) is 18.2. The average Bonchev–Trinajstić information content (AvgIpc) is 2.81. The molecule has 0 radical (unpaired) electrons. The van der Waals surface area contributed by atoms with Crippen molar-refractivity contribution in [3.63, 3.8) is 0 Å². The molecule has 0 heterocycles. The van der Waals surface area contributed by atoms with Crippen LogP contribution < -0.4 is 14.2 Å². The summed E-state index contributed by atoms with van der Waals surface area (Å²) >= 11 is 0. The number of methoxy groups -OCH3 is 1. The van der Waals surface area contributed by atoms with Crippen molar-refractivity contribution in [2.45, 2.75) is 18.8 Å². The molecule has 0 aliphatic heterocycles. The van der Waals surface area contributed by atoms with E-state index in [0.717, 1.165) is 22.1 Å². The second-order valence-corrected chi connectivity index (χ2v) is 7.23. The Kier molecular flexibility index (Phi) is 8.29. The molecule has 1 atom stereocenters. The van der Waals surface area contributed by atoms with E-state index in [9.17, 15) is 20.0 Å². The van der Waals surface area contributed by atoms with Gasteiger partial charge >= 0.3 is 5.97 Å². The molecular formula is C24H25NO8. The van der Waals surface area contributed by atoms with Crippen LogP contribution in [0.4, 0.5) is 0 Å². The smallest absolute Gasteiger partial charge is 0.310 e. The Labute approximate surface area is 190 Å². The Morgan fingerprint density at radius 2 is 1.52 bits per heavy atom. The topological polar surface area (TPSA) is 117 Å². The molecule has 0 aliphatic carbocycles. The lowest BCUT2D eigenvalue weighted by molar-refractivity contribution is -0.757. The molecule has 0 bridgehead atoms. The fraction of sp³-hybridized carbons (Fsp3) is 0.292. The number of hydrogen-bond acceptors (Lipinski definition) is 7. The van der Waals surface area contributed by atoms with Crippen LogP contribution in [0.25, 0.3) is 10.8 Å². The van der Waals surface area contributed by atoms with Crippen LogP contribution in [-0.2, 0) is 9.63 Å². The lowest BCUT2D eigenvalue weighted by atomic mass is 9.92. The Bertz CT molecular complexity index is 1080. The van der Waals surface area contributed by atoms with E-state index in [1.807, 2.05) is 36.4 Å². The van der Waals surface area contributed by atoms with Crippen LogP contribution in [0.1, 0.15) is 24.3 Å². The molecule has 0 saturated carbocycles. The van der Waals surface area contributed by atoms with Gasteiger partial charge in [-0.1, -0.05) is 24.3 Å². The highest BCUT2D eigenvalue weighted by Crippen LogP contribution is 2.28. The van der Waals surface area contributed by atoms with E-state index in [1.165, 1.54) is 0 Å². The molecule has 0 saturated heterocycles. The summed E-state index contributed by atoms with van der Waals surface area (Å²) in [5, 5.41) is 20.9. The number of fused-ring (bicyclic) bond motifs is 1. The van der Waals surface area contributed by atoms with Crippen LogP contribution in [0, 0.1) is 10.1 Å². The molecule has 0 amide bonds. The van der Waals surface area contributed by atoms with Gasteiger partial charge in [0.05, 0.1) is 19.6 Å². The van der Waals surface area contributed by atoms with E-state index < -0.39 is 17.0 Å². The first-order chi connectivity index (χ1) is 16.0. The summed E-state index contributed by atoms with van der Waals surface area (Å²) in [6.07, 6.45) is 1.00. The zero-order valence-corrected chi connectivity index (χ0v) is 18.1. The third kappa shape index (κ3) is 6.99. The molecule has 0 aliphatic rings. The van der Waals surface area contributed by atoms with Crippen molar-refractivity contribution in [1.82, 2.24) is 0 Å². The number of carboxylic acid groups (broad SMARTS) is 1. The first kappa shape index (κ1) is 23.6. The number of hydrogen-bond donors (Lipinski definition) is 1. The maximum Gasteiger partial charge on any atom is 0.310 e. The van der Waals surface area contributed by atoms with Crippen molar-refractivity contribution in [2.75, 3.05) is 26.9 Å². The van der Waals surface area contributed by atoms with Crippen LogP contribution in [0.15, 0.2) is 60.7 Å². The zero-order valence-electron chi connectivity index (χ0n) is 18.1. The molecule has 0 unspecified atom stereocenters. The summed E-state index contributed by atoms with van der Waals surface area (Å²) in [5.74, 6) is 0.415. The van der Waals surface area contributed by atoms with Crippen LogP contribution >= 0.6 is 0 Å². The van der Waals surface area contributed by atoms with E-state index in [1.54, 1.807) is 31.4 Å². The van der Waals surface area contributed by atoms with Gasteiger partial charge in [0.1, 0.15) is 30.5 Å². The Morgan fingerprint density at radius 3 is 2.15 bits per heavy atom. The van der Waals surface area contributed by atoms with Gasteiger partial charge in [0.15, 0.2) is 0 Å². The second-order valence-electron chi connectivity index (χ2n) is 7.23. The molecular weight excluding hydrogens is 430 g/mol. The van der Waals surface area contributed by atoms with Gasteiger partial charge in [-0.05, 0) is 65.6 Å². The van der Waals surface area contributed by atoms with E-state index >= 15 is 0 Å². The molecule has 3 aromatic rings. The third-order valence-corrected chi connectivity index (χ3v) is 5.05. The molecule has 0 aromatic heterocycles. The minimum absolute atomic E-state index is 0.0556. The molecule has 1 N–H and O–H groups in total. The highest BCUT2D eigenvalue weighted by molar-refractivity contribution is 5.86. The maximum atomic E-state index is 11.9. The number of rotatable bonds is 13. The van der Waals surface area contributed by atoms with Gasteiger partial charge in [-0.15, -0.1) is 10.1 Å². The lowest BCUT2D eigenvalue weighted by Crippen LogP contribution is -2.13. The first-order valence-electron chi connectivity index (χ1n) is 10.4. The highest BCUT2D eigenvalue weighted by Gasteiger charge is 2.20. The molecule has 0 spiro atoms. The Balaban J connectivity index is 1.49. The van der Waals surface area contributed by atoms with E-state index in [4.69, 9.17) is 14.2 Å². The number of carbonyl (C=O) groups is 1. The molecule has 33 heavy (non-hydrogen) atoms. The summed E-state index contributed by atoms with van der Waals surface area (Å²) in [4.78, 5) is 26.1. The van der Waals surface area contributed by atoms with Crippen LogP contribution in [0.3, 0.4) is 0 Å². The third-order valence-electron chi connectivity index (χ3n) is 5.05. The predicted octanol–water partition coefficient (Wildman–Crippen LogP) is 4.46. The van der Waals surface area contributed by atoms with Crippen molar-refractivity contribution in [3.05, 3.63) is 76.3 Å². The minimum Gasteiger partial charge on any atom is -0.497 e. The van der Waals surface area contributed by atoms with Gasteiger partial charge in [0.25, 0.3) is 5.09 Å². The zero-order chi connectivity index (χ0) is 23.6. The van der Waals surface area contributed by atoms with E-state index in [2.05, 4.69) is 4.84 Å². The largest absolute Gasteiger partial charge is 0.497 e.